The fourth-order valence-electron chi connectivity index (χ4n) is 2.81. The van der Waals surface area contributed by atoms with Gasteiger partial charge in [0.1, 0.15) is 0 Å². The lowest BCUT2D eigenvalue weighted by molar-refractivity contribution is -0.121. The highest BCUT2D eigenvalue weighted by molar-refractivity contribution is 5.76. The average Bonchev–Trinajstić information content (AvgIpc) is 2.55. The lowest BCUT2D eigenvalue weighted by Crippen LogP contribution is -2.51. The van der Waals surface area contributed by atoms with Gasteiger partial charge in [0.25, 0.3) is 0 Å². The number of nitrogens with one attached hydrogen (secondary N) is 1. The largest absolute Gasteiger partial charge is 0.379 e. The third kappa shape index (κ3) is 5.39. The summed E-state index contributed by atoms with van der Waals surface area (Å²) in [6, 6.07) is 4.29. The van der Waals surface area contributed by atoms with Crippen molar-refractivity contribution in [1.82, 2.24) is 15.2 Å². The highest BCUT2D eigenvalue weighted by Crippen LogP contribution is 2.12. The summed E-state index contributed by atoms with van der Waals surface area (Å²) < 4.78 is 5.41. The Bertz CT molecular complexity index is 444. The molecule has 1 N–H and O–H groups in total. The highest BCUT2D eigenvalue weighted by atomic mass is 16.5. The van der Waals surface area contributed by atoms with Crippen LogP contribution in [0.25, 0.3) is 0 Å². The summed E-state index contributed by atoms with van der Waals surface area (Å²) in [7, 11) is 0. The standard InChI is InChI=1S/C17H27N3O2/c1-14(2)16(20-8-10-22-11-9-20)13-19-17(21)6-5-15-4-3-7-18-12-15/h3-4,7,12,14,16H,5-6,8-11,13H2,1-2H3,(H,19,21). The second-order valence-corrected chi connectivity index (χ2v) is 6.13. The van der Waals surface area contributed by atoms with Crippen molar-refractivity contribution in [2.75, 3.05) is 32.8 Å². The third-order valence-electron chi connectivity index (χ3n) is 4.16. The maximum absolute atomic E-state index is 12.1. The molecule has 0 aliphatic carbocycles. The van der Waals surface area contributed by atoms with Crippen molar-refractivity contribution >= 4 is 5.91 Å². The Morgan fingerprint density at radius 2 is 2.18 bits per heavy atom. The maximum Gasteiger partial charge on any atom is 0.220 e. The van der Waals surface area contributed by atoms with Crippen LogP contribution in [0.2, 0.25) is 0 Å². The van der Waals surface area contributed by atoms with Gasteiger partial charge in [0, 0.05) is 44.5 Å². The number of rotatable bonds is 7. The lowest BCUT2D eigenvalue weighted by Gasteiger charge is -2.36. The second-order valence-electron chi connectivity index (χ2n) is 6.13. The zero-order valence-corrected chi connectivity index (χ0v) is 13.6. The van der Waals surface area contributed by atoms with Gasteiger partial charge in [0.2, 0.25) is 5.91 Å². The van der Waals surface area contributed by atoms with Crippen molar-refractivity contribution < 1.29 is 9.53 Å². The summed E-state index contributed by atoms with van der Waals surface area (Å²) in [5.74, 6) is 0.625. The Kier molecular flexibility index (Phi) is 6.80. The number of morpholine rings is 1. The molecule has 2 heterocycles. The molecule has 1 saturated heterocycles. The monoisotopic (exact) mass is 305 g/mol. The zero-order valence-electron chi connectivity index (χ0n) is 13.6. The number of aromatic nitrogens is 1. The number of hydrogen-bond acceptors (Lipinski definition) is 4. The van der Waals surface area contributed by atoms with E-state index in [-0.39, 0.29) is 5.91 Å². The second kappa shape index (κ2) is 8.86. The molecule has 1 aliphatic heterocycles. The quantitative estimate of drug-likeness (QED) is 0.829. The average molecular weight is 305 g/mol. The molecular weight excluding hydrogens is 278 g/mol. The Hall–Kier alpha value is -1.46. The van der Waals surface area contributed by atoms with Crippen LogP contribution >= 0.6 is 0 Å². The summed E-state index contributed by atoms with van der Waals surface area (Å²) in [4.78, 5) is 18.5. The molecule has 1 aliphatic rings. The van der Waals surface area contributed by atoms with E-state index in [4.69, 9.17) is 4.74 Å². The minimum absolute atomic E-state index is 0.114. The molecule has 1 amide bonds. The van der Waals surface area contributed by atoms with Gasteiger partial charge in [-0.25, -0.2) is 0 Å². The van der Waals surface area contributed by atoms with E-state index in [2.05, 4.69) is 29.0 Å². The van der Waals surface area contributed by atoms with Crippen LogP contribution in [0.5, 0.6) is 0 Å². The van der Waals surface area contributed by atoms with Crippen molar-refractivity contribution in [3.63, 3.8) is 0 Å². The number of carbonyl (C=O) groups is 1. The number of ether oxygens (including phenoxy) is 1. The first-order valence-corrected chi connectivity index (χ1v) is 8.14. The molecule has 0 bridgehead atoms. The number of pyridine rings is 1. The molecule has 5 heteroatoms. The van der Waals surface area contributed by atoms with Crippen LogP contribution in [0, 0.1) is 5.92 Å². The predicted molar refractivity (Wildman–Crippen MR) is 86.6 cm³/mol. The van der Waals surface area contributed by atoms with Crippen LogP contribution in [0.4, 0.5) is 0 Å². The molecule has 5 nitrogen and oxygen atoms in total. The fraction of sp³-hybridized carbons (Fsp3) is 0.647. The molecule has 2 rings (SSSR count). The van der Waals surface area contributed by atoms with Gasteiger partial charge in [0.15, 0.2) is 0 Å². The minimum Gasteiger partial charge on any atom is -0.379 e. The van der Waals surface area contributed by atoms with E-state index in [1.807, 2.05) is 18.3 Å². The van der Waals surface area contributed by atoms with Gasteiger partial charge in [-0.1, -0.05) is 19.9 Å². The summed E-state index contributed by atoms with van der Waals surface area (Å²) in [6.07, 6.45) is 4.82. The molecular formula is C17H27N3O2. The molecule has 22 heavy (non-hydrogen) atoms. The van der Waals surface area contributed by atoms with Crippen LogP contribution in [0.1, 0.15) is 25.8 Å². The van der Waals surface area contributed by atoms with Crippen LogP contribution in [0.15, 0.2) is 24.5 Å². The first kappa shape index (κ1) is 16.9. The van der Waals surface area contributed by atoms with E-state index in [9.17, 15) is 4.79 Å². The molecule has 1 fully saturated rings. The summed E-state index contributed by atoms with van der Waals surface area (Å²) >= 11 is 0. The normalized spacial score (nSPS) is 17.4. The van der Waals surface area contributed by atoms with E-state index in [0.717, 1.165) is 38.3 Å². The van der Waals surface area contributed by atoms with E-state index in [1.165, 1.54) is 0 Å². The molecule has 0 saturated carbocycles. The molecule has 1 aromatic rings. The highest BCUT2D eigenvalue weighted by Gasteiger charge is 2.24. The Balaban J connectivity index is 1.75. The number of nitrogens with zero attached hydrogens (tertiary/aromatic N) is 2. The molecule has 1 atom stereocenters. The van der Waals surface area contributed by atoms with E-state index in [0.29, 0.717) is 24.9 Å². The molecule has 0 aromatic carbocycles. The van der Waals surface area contributed by atoms with Crippen molar-refractivity contribution in [3.8, 4) is 0 Å². The first-order chi connectivity index (χ1) is 10.7. The van der Waals surface area contributed by atoms with Gasteiger partial charge in [0.05, 0.1) is 13.2 Å². The zero-order chi connectivity index (χ0) is 15.8. The van der Waals surface area contributed by atoms with Crippen LogP contribution < -0.4 is 5.32 Å². The van der Waals surface area contributed by atoms with Crippen molar-refractivity contribution in [2.45, 2.75) is 32.7 Å². The lowest BCUT2D eigenvalue weighted by atomic mass is 10.0. The summed E-state index contributed by atoms with van der Waals surface area (Å²) in [6.45, 7) is 8.62. The maximum atomic E-state index is 12.1. The van der Waals surface area contributed by atoms with Gasteiger partial charge >= 0.3 is 0 Å². The third-order valence-corrected chi connectivity index (χ3v) is 4.16. The molecule has 1 unspecified atom stereocenters. The van der Waals surface area contributed by atoms with Crippen molar-refractivity contribution in [2.24, 2.45) is 5.92 Å². The van der Waals surface area contributed by atoms with E-state index < -0.39 is 0 Å². The number of amides is 1. The Morgan fingerprint density at radius 1 is 1.41 bits per heavy atom. The van der Waals surface area contributed by atoms with Gasteiger partial charge in [-0.2, -0.15) is 0 Å². The van der Waals surface area contributed by atoms with Crippen LogP contribution in [-0.2, 0) is 16.0 Å². The van der Waals surface area contributed by atoms with Gasteiger partial charge < -0.3 is 10.1 Å². The van der Waals surface area contributed by atoms with Crippen molar-refractivity contribution in [1.29, 1.82) is 0 Å². The smallest absolute Gasteiger partial charge is 0.220 e. The Morgan fingerprint density at radius 3 is 2.82 bits per heavy atom. The fourth-order valence-corrected chi connectivity index (χ4v) is 2.81. The van der Waals surface area contributed by atoms with Crippen molar-refractivity contribution in [3.05, 3.63) is 30.1 Å². The Labute approximate surface area is 133 Å². The summed E-state index contributed by atoms with van der Waals surface area (Å²) in [5.41, 5.74) is 1.10. The number of carbonyl (C=O) groups excluding carboxylic acids is 1. The number of hydrogen-bond donors (Lipinski definition) is 1. The van der Waals surface area contributed by atoms with E-state index in [1.54, 1.807) is 6.20 Å². The van der Waals surface area contributed by atoms with Gasteiger partial charge in [-0.15, -0.1) is 0 Å². The molecule has 0 radical (unpaired) electrons. The first-order valence-electron chi connectivity index (χ1n) is 8.14. The summed E-state index contributed by atoms with van der Waals surface area (Å²) in [5, 5.41) is 3.09. The molecule has 1 aromatic heterocycles. The van der Waals surface area contributed by atoms with Crippen LogP contribution in [-0.4, -0.2) is 54.7 Å². The van der Waals surface area contributed by atoms with Crippen LogP contribution in [0.3, 0.4) is 0 Å². The predicted octanol–water partition coefficient (Wildman–Crippen LogP) is 1.49. The van der Waals surface area contributed by atoms with Gasteiger partial charge in [-0.05, 0) is 24.0 Å². The minimum atomic E-state index is 0.114. The SMILES string of the molecule is CC(C)C(CNC(=O)CCc1cccnc1)N1CCOCC1. The molecule has 122 valence electrons. The van der Waals surface area contributed by atoms with E-state index >= 15 is 0 Å². The van der Waals surface area contributed by atoms with Gasteiger partial charge in [-0.3, -0.25) is 14.7 Å². The topological polar surface area (TPSA) is 54.5 Å². The molecule has 0 spiro atoms. The number of aryl methyl sites for hydroxylation is 1.